The van der Waals surface area contributed by atoms with Gasteiger partial charge < -0.3 is 15.5 Å². The zero-order chi connectivity index (χ0) is 13.4. The summed E-state index contributed by atoms with van der Waals surface area (Å²) in [6.45, 7) is 6.93. The van der Waals surface area contributed by atoms with Crippen molar-refractivity contribution in [3.63, 3.8) is 0 Å². The van der Waals surface area contributed by atoms with Gasteiger partial charge in [-0.15, -0.1) is 0 Å². The van der Waals surface area contributed by atoms with Gasteiger partial charge >= 0.3 is 0 Å². The third-order valence-corrected chi connectivity index (χ3v) is 4.59. The highest BCUT2D eigenvalue weighted by Gasteiger charge is 2.20. The van der Waals surface area contributed by atoms with Gasteiger partial charge in [0.2, 0.25) is 0 Å². The van der Waals surface area contributed by atoms with Gasteiger partial charge in [0.25, 0.3) is 0 Å². The molecule has 0 amide bonds. The molecule has 1 aliphatic heterocycles. The highest BCUT2D eigenvalue weighted by molar-refractivity contribution is 4.76. The summed E-state index contributed by atoms with van der Waals surface area (Å²) >= 11 is 0. The monoisotopic (exact) mass is 255 g/mol. The Kier molecular flexibility index (Phi) is 7.87. The second kappa shape index (κ2) is 8.89. The molecule has 3 heteroatoms. The molecule has 2 N–H and O–H groups in total. The van der Waals surface area contributed by atoms with Gasteiger partial charge in [-0.05, 0) is 78.3 Å². The molecule has 108 valence electrons. The maximum Gasteiger partial charge on any atom is 0.0117 e. The molecule has 1 unspecified atom stereocenters. The summed E-state index contributed by atoms with van der Waals surface area (Å²) in [6.07, 6.45) is 7.86. The van der Waals surface area contributed by atoms with Crippen molar-refractivity contribution >= 4 is 0 Å². The SMILES string of the molecule is CCC(CCN)CCCN(C)C1CCN(C)CC1. The number of hydrogen-bond acceptors (Lipinski definition) is 3. The summed E-state index contributed by atoms with van der Waals surface area (Å²) in [5.74, 6) is 0.848. The van der Waals surface area contributed by atoms with Crippen molar-refractivity contribution in [3.8, 4) is 0 Å². The van der Waals surface area contributed by atoms with Crippen LogP contribution in [0.4, 0.5) is 0 Å². The Morgan fingerprint density at radius 2 is 1.94 bits per heavy atom. The van der Waals surface area contributed by atoms with Gasteiger partial charge in [0.1, 0.15) is 0 Å². The number of hydrogen-bond donors (Lipinski definition) is 1. The van der Waals surface area contributed by atoms with Gasteiger partial charge in [0.05, 0.1) is 0 Å². The third kappa shape index (κ3) is 5.68. The predicted molar refractivity (Wildman–Crippen MR) is 79.8 cm³/mol. The zero-order valence-electron chi connectivity index (χ0n) is 12.7. The number of nitrogens with zero attached hydrogens (tertiary/aromatic N) is 2. The molecule has 0 saturated carbocycles. The van der Waals surface area contributed by atoms with Crippen LogP contribution in [0.5, 0.6) is 0 Å². The van der Waals surface area contributed by atoms with E-state index in [-0.39, 0.29) is 0 Å². The molecule has 0 bridgehead atoms. The van der Waals surface area contributed by atoms with Gasteiger partial charge in [-0.25, -0.2) is 0 Å². The van der Waals surface area contributed by atoms with Gasteiger partial charge in [-0.2, -0.15) is 0 Å². The second-order valence-corrected chi connectivity index (χ2v) is 6.01. The number of likely N-dealkylation sites (tertiary alicyclic amines) is 1. The molecule has 0 spiro atoms. The fourth-order valence-corrected chi connectivity index (χ4v) is 3.04. The average molecular weight is 255 g/mol. The molecule has 0 radical (unpaired) electrons. The van der Waals surface area contributed by atoms with E-state index in [2.05, 4.69) is 30.8 Å². The first-order chi connectivity index (χ1) is 8.67. The van der Waals surface area contributed by atoms with Crippen molar-refractivity contribution in [2.75, 3.05) is 40.3 Å². The van der Waals surface area contributed by atoms with Crippen LogP contribution in [-0.4, -0.2) is 56.1 Å². The van der Waals surface area contributed by atoms with Gasteiger partial charge in [0.15, 0.2) is 0 Å². The summed E-state index contributed by atoms with van der Waals surface area (Å²) in [5.41, 5.74) is 5.65. The van der Waals surface area contributed by atoms with E-state index in [0.717, 1.165) is 18.5 Å². The molecule has 1 atom stereocenters. The molecule has 3 nitrogen and oxygen atoms in total. The van der Waals surface area contributed by atoms with Crippen molar-refractivity contribution in [1.29, 1.82) is 0 Å². The molecular weight excluding hydrogens is 222 g/mol. The Balaban J connectivity index is 2.14. The zero-order valence-corrected chi connectivity index (χ0v) is 12.7. The lowest BCUT2D eigenvalue weighted by Gasteiger charge is -2.35. The highest BCUT2D eigenvalue weighted by atomic mass is 15.2. The first-order valence-electron chi connectivity index (χ1n) is 7.76. The number of rotatable bonds is 8. The smallest absolute Gasteiger partial charge is 0.0117 e. The van der Waals surface area contributed by atoms with Crippen molar-refractivity contribution < 1.29 is 0 Å². The van der Waals surface area contributed by atoms with E-state index in [9.17, 15) is 0 Å². The third-order valence-electron chi connectivity index (χ3n) is 4.59. The van der Waals surface area contributed by atoms with Crippen molar-refractivity contribution in [3.05, 3.63) is 0 Å². The molecule has 0 aromatic heterocycles. The Labute approximate surface area is 114 Å². The van der Waals surface area contributed by atoms with E-state index in [1.54, 1.807) is 0 Å². The van der Waals surface area contributed by atoms with Crippen molar-refractivity contribution in [2.45, 2.75) is 51.5 Å². The fraction of sp³-hybridized carbons (Fsp3) is 1.00. The predicted octanol–water partition coefficient (Wildman–Crippen LogP) is 2.17. The Bertz CT molecular complexity index is 200. The van der Waals surface area contributed by atoms with E-state index in [4.69, 9.17) is 5.73 Å². The molecule has 1 aliphatic rings. The minimum atomic E-state index is 0.816. The van der Waals surface area contributed by atoms with E-state index >= 15 is 0 Å². The quantitative estimate of drug-likeness (QED) is 0.721. The van der Waals surface area contributed by atoms with Crippen molar-refractivity contribution in [1.82, 2.24) is 9.80 Å². The van der Waals surface area contributed by atoms with Gasteiger partial charge in [-0.3, -0.25) is 0 Å². The fourth-order valence-electron chi connectivity index (χ4n) is 3.04. The van der Waals surface area contributed by atoms with Crippen LogP contribution in [-0.2, 0) is 0 Å². The first-order valence-corrected chi connectivity index (χ1v) is 7.76. The van der Waals surface area contributed by atoms with Crippen LogP contribution in [0.15, 0.2) is 0 Å². The molecule has 1 heterocycles. The van der Waals surface area contributed by atoms with E-state index in [1.165, 1.54) is 58.2 Å². The molecule has 1 saturated heterocycles. The summed E-state index contributed by atoms with van der Waals surface area (Å²) in [4.78, 5) is 5.03. The van der Waals surface area contributed by atoms with Crippen molar-refractivity contribution in [2.24, 2.45) is 11.7 Å². The number of nitrogens with two attached hydrogens (primary N) is 1. The summed E-state index contributed by atoms with van der Waals surface area (Å²) < 4.78 is 0. The lowest BCUT2D eigenvalue weighted by atomic mass is 9.96. The molecule has 0 aromatic rings. The van der Waals surface area contributed by atoms with Gasteiger partial charge in [-0.1, -0.05) is 13.3 Å². The van der Waals surface area contributed by atoms with Crippen LogP contribution in [0.25, 0.3) is 0 Å². The van der Waals surface area contributed by atoms with Crippen LogP contribution in [0.1, 0.15) is 45.4 Å². The lowest BCUT2D eigenvalue weighted by molar-refractivity contribution is 0.141. The van der Waals surface area contributed by atoms with Gasteiger partial charge in [0, 0.05) is 6.04 Å². The molecule has 1 rings (SSSR count). The average Bonchev–Trinajstić information content (AvgIpc) is 2.38. The van der Waals surface area contributed by atoms with Crippen LogP contribution in [0.2, 0.25) is 0 Å². The molecular formula is C15H33N3. The minimum absolute atomic E-state index is 0.816. The first kappa shape index (κ1) is 15.9. The molecule has 0 aliphatic carbocycles. The Morgan fingerprint density at radius 1 is 1.28 bits per heavy atom. The largest absolute Gasteiger partial charge is 0.330 e. The van der Waals surface area contributed by atoms with Crippen LogP contribution >= 0.6 is 0 Å². The topological polar surface area (TPSA) is 32.5 Å². The van der Waals surface area contributed by atoms with Crippen LogP contribution in [0, 0.1) is 5.92 Å². The maximum absolute atomic E-state index is 5.65. The number of piperidine rings is 1. The standard InChI is InChI=1S/C15H33N3/c1-4-14(7-10-16)6-5-11-18(3)15-8-12-17(2)13-9-15/h14-15H,4-13,16H2,1-3H3. The maximum atomic E-state index is 5.65. The minimum Gasteiger partial charge on any atom is -0.330 e. The summed E-state index contributed by atoms with van der Waals surface area (Å²) in [7, 11) is 4.54. The second-order valence-electron chi connectivity index (χ2n) is 6.01. The summed E-state index contributed by atoms with van der Waals surface area (Å²) in [5, 5.41) is 0. The molecule has 1 fully saturated rings. The summed E-state index contributed by atoms with van der Waals surface area (Å²) in [6, 6.07) is 0.816. The normalized spacial score (nSPS) is 20.5. The lowest BCUT2D eigenvalue weighted by Crippen LogP contribution is -2.42. The van der Waals surface area contributed by atoms with Crippen LogP contribution < -0.4 is 5.73 Å². The Hall–Kier alpha value is -0.120. The van der Waals surface area contributed by atoms with E-state index < -0.39 is 0 Å². The molecule has 0 aromatic carbocycles. The van der Waals surface area contributed by atoms with E-state index in [0.29, 0.717) is 0 Å². The molecule has 18 heavy (non-hydrogen) atoms. The highest BCUT2D eigenvalue weighted by Crippen LogP contribution is 2.17. The Morgan fingerprint density at radius 3 is 2.50 bits per heavy atom. The van der Waals surface area contributed by atoms with E-state index in [1.807, 2.05) is 0 Å². The van der Waals surface area contributed by atoms with Crippen LogP contribution in [0.3, 0.4) is 0 Å².